The molecule has 2 heterocycles. The van der Waals surface area contributed by atoms with Gasteiger partial charge in [-0.05, 0) is 73.6 Å². The van der Waals surface area contributed by atoms with Gasteiger partial charge in [-0.3, -0.25) is 4.79 Å². The summed E-state index contributed by atoms with van der Waals surface area (Å²) in [5.74, 6) is 0.844. The Morgan fingerprint density at radius 2 is 1.66 bits per heavy atom. The van der Waals surface area contributed by atoms with E-state index in [-0.39, 0.29) is 5.91 Å². The molecule has 4 nitrogen and oxygen atoms in total. The number of halogens is 1. The molecule has 2 aromatic rings. The fraction of sp³-hybridized carbons (Fsp3) is 0.458. The molecule has 2 aliphatic heterocycles. The van der Waals surface area contributed by atoms with E-state index in [4.69, 9.17) is 16.3 Å². The molecule has 5 heteroatoms. The number of amides is 1. The number of nitrogens with zero attached hydrogens (tertiary/aromatic N) is 1. The summed E-state index contributed by atoms with van der Waals surface area (Å²) in [6, 6.07) is 15.9. The Kier molecular flexibility index (Phi) is 6.12. The van der Waals surface area contributed by atoms with Crippen LogP contribution in [0.3, 0.4) is 0 Å². The summed E-state index contributed by atoms with van der Waals surface area (Å²) < 4.78 is 5.55. The van der Waals surface area contributed by atoms with Crippen molar-refractivity contribution in [2.75, 3.05) is 36.5 Å². The summed E-state index contributed by atoms with van der Waals surface area (Å²) >= 11 is 6.06. The first-order valence-corrected chi connectivity index (χ1v) is 10.9. The highest BCUT2D eigenvalue weighted by Crippen LogP contribution is 2.37. The second-order valence-corrected chi connectivity index (χ2v) is 8.81. The van der Waals surface area contributed by atoms with Gasteiger partial charge in [0.1, 0.15) is 0 Å². The molecule has 1 amide bonds. The van der Waals surface area contributed by atoms with E-state index in [1.165, 1.54) is 18.5 Å². The van der Waals surface area contributed by atoms with E-state index in [1.807, 2.05) is 36.4 Å². The van der Waals surface area contributed by atoms with Crippen LogP contribution in [-0.4, -0.2) is 32.2 Å². The van der Waals surface area contributed by atoms with E-state index in [1.54, 1.807) is 0 Å². The second kappa shape index (κ2) is 8.76. The molecule has 2 aromatic carbocycles. The van der Waals surface area contributed by atoms with Gasteiger partial charge in [-0.25, -0.2) is 0 Å². The molecule has 0 atom stereocenters. The maximum absolute atomic E-state index is 13.4. The van der Waals surface area contributed by atoms with Crippen LogP contribution < -0.4 is 10.2 Å². The van der Waals surface area contributed by atoms with Gasteiger partial charge in [0.05, 0.1) is 5.41 Å². The van der Waals surface area contributed by atoms with E-state index >= 15 is 0 Å². The fourth-order valence-electron chi connectivity index (χ4n) is 4.41. The van der Waals surface area contributed by atoms with Crippen molar-refractivity contribution < 1.29 is 9.53 Å². The summed E-state index contributed by atoms with van der Waals surface area (Å²) in [7, 11) is 0. The number of hydrogen-bond acceptors (Lipinski definition) is 3. The molecule has 2 aliphatic rings. The number of piperidine rings is 1. The molecule has 0 aromatic heterocycles. The number of rotatable bonds is 4. The van der Waals surface area contributed by atoms with E-state index in [0.717, 1.165) is 30.3 Å². The summed E-state index contributed by atoms with van der Waals surface area (Å²) in [5.41, 5.74) is 2.49. The SMILES string of the molecule is CC1CCN(c2ccc(NC(=O)C3(c4ccc(Cl)cc4)CCOCC3)cc2)CC1. The van der Waals surface area contributed by atoms with Crippen LogP contribution in [-0.2, 0) is 14.9 Å². The third kappa shape index (κ3) is 4.44. The van der Waals surface area contributed by atoms with E-state index in [2.05, 4.69) is 29.3 Å². The molecule has 29 heavy (non-hydrogen) atoms. The molecule has 2 saturated heterocycles. The van der Waals surface area contributed by atoms with Gasteiger partial charge in [0.2, 0.25) is 5.91 Å². The number of ether oxygens (including phenoxy) is 1. The average Bonchev–Trinajstić information content (AvgIpc) is 2.76. The van der Waals surface area contributed by atoms with E-state index in [9.17, 15) is 4.79 Å². The molecule has 0 radical (unpaired) electrons. The number of nitrogens with one attached hydrogen (secondary N) is 1. The second-order valence-electron chi connectivity index (χ2n) is 8.37. The van der Waals surface area contributed by atoms with Crippen molar-refractivity contribution in [1.82, 2.24) is 0 Å². The van der Waals surface area contributed by atoms with Crippen LogP contribution in [0.4, 0.5) is 11.4 Å². The Balaban J connectivity index is 1.49. The summed E-state index contributed by atoms with van der Waals surface area (Å²) in [4.78, 5) is 15.8. The van der Waals surface area contributed by atoms with Gasteiger partial charge in [-0.15, -0.1) is 0 Å². The fourth-order valence-corrected chi connectivity index (χ4v) is 4.53. The highest BCUT2D eigenvalue weighted by atomic mass is 35.5. The minimum Gasteiger partial charge on any atom is -0.381 e. The van der Waals surface area contributed by atoms with Gasteiger partial charge in [0.25, 0.3) is 0 Å². The van der Waals surface area contributed by atoms with Crippen molar-refractivity contribution in [2.24, 2.45) is 5.92 Å². The molecule has 1 N–H and O–H groups in total. The van der Waals surface area contributed by atoms with Crippen LogP contribution in [0.15, 0.2) is 48.5 Å². The molecule has 0 bridgehead atoms. The molecular formula is C24H29ClN2O2. The van der Waals surface area contributed by atoms with Crippen LogP contribution >= 0.6 is 11.6 Å². The van der Waals surface area contributed by atoms with Crippen molar-refractivity contribution in [2.45, 2.75) is 38.0 Å². The molecule has 2 fully saturated rings. The van der Waals surface area contributed by atoms with Gasteiger partial charge < -0.3 is 15.0 Å². The average molecular weight is 413 g/mol. The summed E-state index contributed by atoms with van der Waals surface area (Å²) in [6.07, 6.45) is 3.82. The Bertz CT molecular complexity index is 821. The van der Waals surface area contributed by atoms with Crippen LogP contribution in [0, 0.1) is 5.92 Å². The maximum Gasteiger partial charge on any atom is 0.235 e. The number of carbonyl (C=O) groups excluding carboxylic acids is 1. The predicted octanol–water partition coefficient (Wildman–Crippen LogP) is 5.26. The molecule has 0 unspecified atom stereocenters. The van der Waals surface area contributed by atoms with Crippen LogP contribution in [0.5, 0.6) is 0 Å². The Morgan fingerprint density at radius 3 is 2.28 bits per heavy atom. The largest absolute Gasteiger partial charge is 0.381 e. The lowest BCUT2D eigenvalue weighted by atomic mass is 9.73. The lowest BCUT2D eigenvalue weighted by molar-refractivity contribution is -0.125. The van der Waals surface area contributed by atoms with Crippen molar-refractivity contribution >= 4 is 28.9 Å². The summed E-state index contributed by atoms with van der Waals surface area (Å²) in [5, 5.41) is 3.84. The van der Waals surface area contributed by atoms with Gasteiger partial charge in [0.15, 0.2) is 0 Å². The van der Waals surface area contributed by atoms with Crippen molar-refractivity contribution in [3.05, 3.63) is 59.1 Å². The maximum atomic E-state index is 13.4. The molecule has 0 spiro atoms. The van der Waals surface area contributed by atoms with E-state index in [0.29, 0.717) is 31.1 Å². The first kappa shape index (κ1) is 20.2. The Hall–Kier alpha value is -2.04. The van der Waals surface area contributed by atoms with Crippen LogP contribution in [0.2, 0.25) is 5.02 Å². The topological polar surface area (TPSA) is 41.6 Å². The lowest BCUT2D eigenvalue weighted by Gasteiger charge is -2.36. The monoisotopic (exact) mass is 412 g/mol. The van der Waals surface area contributed by atoms with Gasteiger partial charge >= 0.3 is 0 Å². The van der Waals surface area contributed by atoms with Crippen molar-refractivity contribution in [3.63, 3.8) is 0 Å². The molecule has 4 rings (SSSR count). The number of anilines is 2. The first-order chi connectivity index (χ1) is 14.1. The first-order valence-electron chi connectivity index (χ1n) is 10.6. The zero-order chi connectivity index (χ0) is 20.3. The molecule has 0 aliphatic carbocycles. The highest BCUT2D eigenvalue weighted by molar-refractivity contribution is 6.30. The molecule has 154 valence electrons. The van der Waals surface area contributed by atoms with Crippen LogP contribution in [0.25, 0.3) is 0 Å². The zero-order valence-corrected chi connectivity index (χ0v) is 17.8. The molecule has 0 saturated carbocycles. The van der Waals surface area contributed by atoms with Crippen molar-refractivity contribution in [3.8, 4) is 0 Å². The smallest absolute Gasteiger partial charge is 0.235 e. The number of carbonyl (C=O) groups is 1. The number of hydrogen-bond donors (Lipinski definition) is 1. The highest BCUT2D eigenvalue weighted by Gasteiger charge is 2.41. The number of benzene rings is 2. The van der Waals surface area contributed by atoms with Crippen LogP contribution in [0.1, 0.15) is 38.2 Å². The standard InChI is InChI=1S/C24H29ClN2O2/c1-18-10-14-27(15-11-18)22-8-6-21(7-9-22)26-23(28)24(12-16-29-17-13-24)19-2-4-20(25)5-3-19/h2-9,18H,10-17H2,1H3,(H,26,28). The van der Waals surface area contributed by atoms with E-state index < -0.39 is 5.41 Å². The minimum atomic E-state index is -0.579. The Labute approximate surface area is 178 Å². The van der Waals surface area contributed by atoms with Gasteiger partial charge in [-0.2, -0.15) is 0 Å². The minimum absolute atomic E-state index is 0.0302. The van der Waals surface area contributed by atoms with Crippen molar-refractivity contribution in [1.29, 1.82) is 0 Å². The summed E-state index contributed by atoms with van der Waals surface area (Å²) in [6.45, 7) is 5.70. The van der Waals surface area contributed by atoms with Gasteiger partial charge in [0, 0.05) is 42.7 Å². The zero-order valence-electron chi connectivity index (χ0n) is 17.0. The quantitative estimate of drug-likeness (QED) is 0.744. The third-order valence-corrected chi connectivity index (χ3v) is 6.70. The normalized spacial score (nSPS) is 19.7. The lowest BCUT2D eigenvalue weighted by Crippen LogP contribution is -2.44. The molecular weight excluding hydrogens is 384 g/mol. The van der Waals surface area contributed by atoms with Gasteiger partial charge in [-0.1, -0.05) is 30.7 Å². The third-order valence-electron chi connectivity index (χ3n) is 6.45. The predicted molar refractivity (Wildman–Crippen MR) is 119 cm³/mol. The Morgan fingerprint density at radius 1 is 1.03 bits per heavy atom.